The van der Waals surface area contributed by atoms with Crippen LogP contribution >= 0.6 is 0 Å². The number of benzene rings is 3. The molecule has 2 aromatic heterocycles. The van der Waals surface area contributed by atoms with Gasteiger partial charge in [0.05, 0.1) is 31.1 Å². The second-order valence-corrected chi connectivity index (χ2v) is 10.7. The Balaban J connectivity index is 1.41. The number of carbonyl (C=O) groups excluding carboxylic acids is 1. The molecule has 11 nitrogen and oxygen atoms in total. The molecular formula is C35H34F2N4O7. The van der Waals surface area contributed by atoms with Gasteiger partial charge < -0.3 is 24.3 Å². The van der Waals surface area contributed by atoms with Crippen molar-refractivity contribution >= 4 is 22.5 Å². The molecule has 0 unspecified atom stereocenters. The topological polar surface area (TPSA) is 123 Å². The van der Waals surface area contributed by atoms with E-state index in [0.717, 1.165) is 41.8 Å². The predicted molar refractivity (Wildman–Crippen MR) is 176 cm³/mol. The number of amides is 1. The number of ether oxygens (including phenoxy) is 4. The number of unbranched alkanes of at least 4 members (excludes halogenated alkanes) is 1. The van der Waals surface area contributed by atoms with E-state index in [1.54, 1.807) is 18.2 Å². The van der Waals surface area contributed by atoms with Crippen LogP contribution in [-0.2, 0) is 11.3 Å². The van der Waals surface area contributed by atoms with E-state index in [0.29, 0.717) is 47.8 Å². The number of hydrogen-bond donors (Lipinski definition) is 1. The molecule has 0 radical (unpaired) electrons. The predicted octanol–water partition coefficient (Wildman–Crippen LogP) is 6.09. The minimum atomic E-state index is -0.948. The van der Waals surface area contributed by atoms with Crippen molar-refractivity contribution in [3.05, 3.63) is 111 Å². The highest BCUT2D eigenvalue weighted by Gasteiger charge is 2.20. The molecule has 48 heavy (non-hydrogen) atoms. The lowest BCUT2D eigenvalue weighted by Gasteiger charge is -2.14. The average molecular weight is 661 g/mol. The number of nitrogens with zero attached hydrogens (tertiary/aromatic N) is 3. The molecule has 5 aromatic rings. The molecular weight excluding hydrogens is 626 g/mol. The number of pyridine rings is 1. The summed E-state index contributed by atoms with van der Waals surface area (Å²) >= 11 is 0. The van der Waals surface area contributed by atoms with Crippen molar-refractivity contribution in [3.63, 3.8) is 0 Å². The molecule has 0 atom stereocenters. The smallest absolute Gasteiger partial charge is 0.335 e. The molecule has 2 heterocycles. The molecule has 13 heteroatoms. The maximum atomic E-state index is 15.3. The normalized spacial score (nSPS) is 11.0. The standard InChI is InChI=1S/C35H34F2N4O7/c1-4-5-16-47-17-6-15-40-21-26(34(43)41(35(40)44)23-9-7-22(36)8-10-23)33(42)39-28-12-11-24(18-27(28)37)48-30-13-14-38-29-20-32(46-3)31(45-2)19-25(29)30/h7-14,18-21H,4-6,15-17H2,1-3H3,(H,39,42). The summed E-state index contributed by atoms with van der Waals surface area (Å²) in [4.78, 5) is 44.6. The average Bonchev–Trinajstić information content (AvgIpc) is 3.08. The maximum Gasteiger partial charge on any atom is 0.335 e. The van der Waals surface area contributed by atoms with Crippen molar-refractivity contribution in [1.29, 1.82) is 0 Å². The first-order valence-electron chi connectivity index (χ1n) is 15.2. The van der Waals surface area contributed by atoms with Gasteiger partial charge in [-0.3, -0.25) is 19.1 Å². The third kappa shape index (κ3) is 7.52. The summed E-state index contributed by atoms with van der Waals surface area (Å²) in [5.41, 5.74) is -1.68. The van der Waals surface area contributed by atoms with Gasteiger partial charge in [0.2, 0.25) is 0 Å². The van der Waals surface area contributed by atoms with Gasteiger partial charge in [-0.1, -0.05) is 13.3 Å². The van der Waals surface area contributed by atoms with Crippen LogP contribution in [0.1, 0.15) is 36.5 Å². The van der Waals surface area contributed by atoms with E-state index in [1.165, 1.54) is 49.2 Å². The van der Waals surface area contributed by atoms with Gasteiger partial charge in [0.1, 0.15) is 28.7 Å². The number of methoxy groups -OCH3 is 2. The molecule has 0 fully saturated rings. The van der Waals surface area contributed by atoms with E-state index in [4.69, 9.17) is 18.9 Å². The van der Waals surface area contributed by atoms with Crippen LogP contribution in [0.3, 0.4) is 0 Å². The highest BCUT2D eigenvalue weighted by atomic mass is 19.1. The van der Waals surface area contributed by atoms with Crippen LogP contribution in [0.15, 0.2) is 82.6 Å². The lowest BCUT2D eigenvalue weighted by molar-refractivity contribution is 0.102. The molecule has 0 aliphatic heterocycles. The minimum Gasteiger partial charge on any atom is -0.493 e. The number of aromatic nitrogens is 3. The minimum absolute atomic E-state index is 0.0707. The number of rotatable bonds is 14. The third-order valence-corrected chi connectivity index (χ3v) is 7.44. The van der Waals surface area contributed by atoms with Crippen molar-refractivity contribution in [1.82, 2.24) is 14.1 Å². The fraction of sp³-hybridized carbons (Fsp3) is 0.257. The lowest BCUT2D eigenvalue weighted by atomic mass is 10.2. The van der Waals surface area contributed by atoms with E-state index in [2.05, 4.69) is 10.3 Å². The van der Waals surface area contributed by atoms with E-state index in [-0.39, 0.29) is 23.7 Å². The van der Waals surface area contributed by atoms with Gasteiger partial charge in [-0.05, 0) is 61.4 Å². The molecule has 0 bridgehead atoms. The summed E-state index contributed by atoms with van der Waals surface area (Å²) in [7, 11) is 3.01. The van der Waals surface area contributed by atoms with Crippen LogP contribution < -0.4 is 30.8 Å². The molecule has 0 aliphatic carbocycles. The van der Waals surface area contributed by atoms with E-state index < -0.39 is 34.4 Å². The summed E-state index contributed by atoms with van der Waals surface area (Å²) in [6, 6.07) is 13.5. The van der Waals surface area contributed by atoms with Gasteiger partial charge in [0.15, 0.2) is 11.5 Å². The Morgan fingerprint density at radius 3 is 2.33 bits per heavy atom. The Labute approximate surface area is 274 Å². The summed E-state index contributed by atoms with van der Waals surface area (Å²) < 4.78 is 53.2. The Kier molecular flexibility index (Phi) is 10.8. The zero-order valence-electron chi connectivity index (χ0n) is 26.6. The summed E-state index contributed by atoms with van der Waals surface area (Å²) in [5.74, 6) is -0.912. The second kappa shape index (κ2) is 15.4. The fourth-order valence-electron chi connectivity index (χ4n) is 4.94. The van der Waals surface area contributed by atoms with E-state index in [9.17, 15) is 18.8 Å². The second-order valence-electron chi connectivity index (χ2n) is 10.7. The number of hydrogen-bond acceptors (Lipinski definition) is 8. The highest BCUT2D eigenvalue weighted by molar-refractivity contribution is 6.04. The summed E-state index contributed by atoms with van der Waals surface area (Å²) in [6.45, 7) is 3.12. The van der Waals surface area contributed by atoms with Crippen molar-refractivity contribution < 1.29 is 32.5 Å². The van der Waals surface area contributed by atoms with E-state index >= 15 is 4.39 Å². The van der Waals surface area contributed by atoms with Crippen molar-refractivity contribution in [2.24, 2.45) is 0 Å². The number of fused-ring (bicyclic) bond motifs is 1. The Morgan fingerprint density at radius 2 is 1.62 bits per heavy atom. The van der Waals surface area contributed by atoms with Crippen LogP contribution in [-0.4, -0.2) is 47.5 Å². The number of carbonyl (C=O) groups is 1. The van der Waals surface area contributed by atoms with Crippen LogP contribution in [0.25, 0.3) is 16.6 Å². The largest absolute Gasteiger partial charge is 0.493 e. The van der Waals surface area contributed by atoms with Gasteiger partial charge in [-0.2, -0.15) is 0 Å². The molecule has 0 saturated carbocycles. The fourth-order valence-corrected chi connectivity index (χ4v) is 4.94. The number of nitrogens with one attached hydrogen (secondary N) is 1. The van der Waals surface area contributed by atoms with Gasteiger partial charge in [0.25, 0.3) is 11.5 Å². The summed E-state index contributed by atoms with van der Waals surface area (Å²) in [6.07, 6.45) is 4.97. The third-order valence-electron chi connectivity index (χ3n) is 7.44. The first kappa shape index (κ1) is 33.8. The van der Waals surface area contributed by atoms with Crippen LogP contribution in [0, 0.1) is 11.6 Å². The molecule has 1 N–H and O–H groups in total. The van der Waals surface area contributed by atoms with Crippen molar-refractivity contribution in [3.8, 4) is 28.7 Å². The Hall–Kier alpha value is -5.56. The molecule has 1 amide bonds. The van der Waals surface area contributed by atoms with Crippen LogP contribution in [0.5, 0.6) is 23.0 Å². The first-order chi connectivity index (χ1) is 23.2. The van der Waals surface area contributed by atoms with Crippen molar-refractivity contribution in [2.45, 2.75) is 32.7 Å². The van der Waals surface area contributed by atoms with Gasteiger partial charge in [0, 0.05) is 49.7 Å². The number of anilines is 1. The van der Waals surface area contributed by atoms with Gasteiger partial charge >= 0.3 is 5.69 Å². The first-order valence-corrected chi connectivity index (χ1v) is 15.2. The quantitative estimate of drug-likeness (QED) is 0.142. The summed E-state index contributed by atoms with van der Waals surface area (Å²) in [5, 5.41) is 3.01. The van der Waals surface area contributed by atoms with E-state index in [1.807, 2.05) is 6.92 Å². The molecule has 250 valence electrons. The number of aryl methyl sites for hydroxylation is 1. The number of halogens is 2. The lowest BCUT2D eigenvalue weighted by Crippen LogP contribution is -2.42. The highest BCUT2D eigenvalue weighted by Crippen LogP contribution is 2.37. The zero-order valence-corrected chi connectivity index (χ0v) is 26.6. The molecule has 0 spiro atoms. The Bertz CT molecular complexity index is 2050. The van der Waals surface area contributed by atoms with Crippen molar-refractivity contribution in [2.75, 3.05) is 32.8 Å². The Morgan fingerprint density at radius 1 is 0.896 bits per heavy atom. The molecule has 3 aromatic carbocycles. The molecule has 0 aliphatic rings. The maximum absolute atomic E-state index is 15.3. The van der Waals surface area contributed by atoms with Gasteiger partial charge in [-0.25, -0.2) is 18.1 Å². The zero-order chi connectivity index (χ0) is 34.2. The monoisotopic (exact) mass is 660 g/mol. The van der Waals surface area contributed by atoms with Crippen LogP contribution in [0.2, 0.25) is 0 Å². The molecule has 0 saturated heterocycles. The SMILES string of the molecule is CCCCOCCCn1cc(C(=O)Nc2ccc(Oc3ccnc4cc(OC)c(OC)cc34)cc2F)c(=O)n(-c2ccc(F)cc2)c1=O. The van der Waals surface area contributed by atoms with Crippen LogP contribution in [0.4, 0.5) is 14.5 Å². The van der Waals surface area contributed by atoms with Gasteiger partial charge in [-0.15, -0.1) is 0 Å². The molecule has 5 rings (SSSR count).